The molecule has 2 aromatic rings. The minimum atomic E-state index is -0.448. The lowest BCUT2D eigenvalue weighted by atomic mass is 10.2. The predicted molar refractivity (Wildman–Crippen MR) is 72.1 cm³/mol. The van der Waals surface area contributed by atoms with E-state index in [1.807, 2.05) is 19.1 Å². The minimum absolute atomic E-state index is 0.109. The van der Waals surface area contributed by atoms with Gasteiger partial charge in [-0.2, -0.15) is 0 Å². The van der Waals surface area contributed by atoms with Crippen molar-refractivity contribution in [2.75, 3.05) is 5.32 Å². The molecule has 0 saturated heterocycles. The van der Waals surface area contributed by atoms with Crippen LogP contribution in [-0.4, -0.2) is 10.5 Å². The van der Waals surface area contributed by atoms with Crippen molar-refractivity contribution in [3.63, 3.8) is 0 Å². The van der Waals surface area contributed by atoms with E-state index in [2.05, 4.69) is 5.32 Å². The zero-order valence-corrected chi connectivity index (χ0v) is 10.6. The van der Waals surface area contributed by atoms with Crippen LogP contribution in [0.15, 0.2) is 42.6 Å². The average Bonchev–Trinajstić information content (AvgIpc) is 2.80. The van der Waals surface area contributed by atoms with Gasteiger partial charge in [0, 0.05) is 17.9 Å². The van der Waals surface area contributed by atoms with Crippen molar-refractivity contribution in [1.29, 1.82) is 0 Å². The Kier molecular flexibility index (Phi) is 3.97. The molecule has 0 bridgehead atoms. The van der Waals surface area contributed by atoms with Crippen LogP contribution < -0.4 is 11.1 Å². The number of nitrogens with one attached hydrogen (secondary N) is 1. The Morgan fingerprint density at radius 1 is 1.37 bits per heavy atom. The molecule has 1 amide bonds. The van der Waals surface area contributed by atoms with Crippen molar-refractivity contribution in [3.8, 4) is 0 Å². The summed E-state index contributed by atoms with van der Waals surface area (Å²) in [5, 5.41) is 2.54. The molecule has 100 valence electrons. The summed E-state index contributed by atoms with van der Waals surface area (Å²) in [6, 6.07) is 9.60. The molecule has 2 rings (SSSR count). The number of rotatable bonds is 4. The molecule has 0 radical (unpaired) electrons. The van der Waals surface area contributed by atoms with Gasteiger partial charge in [0.25, 0.3) is 0 Å². The molecular formula is C14H16FN3O. The molecule has 4 nitrogen and oxygen atoms in total. The predicted octanol–water partition coefficient (Wildman–Crippen LogP) is 2.29. The number of carbonyl (C=O) groups is 1. The average molecular weight is 261 g/mol. The van der Waals surface area contributed by atoms with E-state index in [0.717, 1.165) is 5.69 Å². The summed E-state index contributed by atoms with van der Waals surface area (Å²) in [5.41, 5.74) is 6.85. The van der Waals surface area contributed by atoms with Crippen LogP contribution in [0.3, 0.4) is 0 Å². The molecule has 1 unspecified atom stereocenters. The first-order chi connectivity index (χ1) is 9.08. The largest absolute Gasteiger partial charge is 0.341 e. The van der Waals surface area contributed by atoms with E-state index < -0.39 is 5.82 Å². The number of halogens is 1. The van der Waals surface area contributed by atoms with Crippen LogP contribution in [0.25, 0.3) is 0 Å². The number of anilines is 1. The number of benzene rings is 1. The third-order valence-electron chi connectivity index (χ3n) is 2.79. The third-order valence-corrected chi connectivity index (χ3v) is 2.79. The quantitative estimate of drug-likeness (QED) is 0.887. The van der Waals surface area contributed by atoms with Crippen LogP contribution in [0.2, 0.25) is 0 Å². The molecule has 19 heavy (non-hydrogen) atoms. The van der Waals surface area contributed by atoms with Gasteiger partial charge in [0.1, 0.15) is 12.4 Å². The van der Waals surface area contributed by atoms with E-state index >= 15 is 0 Å². The van der Waals surface area contributed by atoms with Gasteiger partial charge >= 0.3 is 0 Å². The van der Waals surface area contributed by atoms with Gasteiger partial charge in [-0.05, 0) is 31.2 Å². The van der Waals surface area contributed by atoms with E-state index in [1.165, 1.54) is 12.1 Å². The van der Waals surface area contributed by atoms with Crippen molar-refractivity contribution < 1.29 is 9.18 Å². The van der Waals surface area contributed by atoms with Crippen molar-refractivity contribution in [1.82, 2.24) is 4.57 Å². The number of hydrogen-bond acceptors (Lipinski definition) is 2. The second kappa shape index (κ2) is 5.67. The molecule has 0 aliphatic rings. The summed E-state index contributed by atoms with van der Waals surface area (Å²) in [5.74, 6) is -0.737. The Balaban J connectivity index is 2.06. The second-order valence-electron chi connectivity index (χ2n) is 4.38. The van der Waals surface area contributed by atoms with Gasteiger partial charge in [0.05, 0.1) is 5.69 Å². The highest BCUT2D eigenvalue weighted by Crippen LogP contribution is 2.14. The number of hydrogen-bond donors (Lipinski definition) is 2. The lowest BCUT2D eigenvalue weighted by Gasteiger charge is -2.12. The van der Waals surface area contributed by atoms with Crippen molar-refractivity contribution in [2.45, 2.75) is 19.5 Å². The fraction of sp³-hybridized carbons (Fsp3) is 0.214. The summed E-state index contributed by atoms with van der Waals surface area (Å²) < 4.78 is 15.1. The van der Waals surface area contributed by atoms with Crippen molar-refractivity contribution >= 4 is 11.6 Å². The number of amides is 1. The van der Waals surface area contributed by atoms with Crippen molar-refractivity contribution in [2.24, 2.45) is 5.73 Å². The Labute approximate surface area is 111 Å². The fourth-order valence-corrected chi connectivity index (χ4v) is 1.89. The van der Waals surface area contributed by atoms with E-state index in [0.29, 0.717) is 0 Å². The maximum absolute atomic E-state index is 13.4. The molecular weight excluding hydrogens is 245 g/mol. The number of aromatic nitrogens is 1. The number of nitrogens with two attached hydrogens (primary N) is 1. The lowest BCUT2D eigenvalue weighted by molar-refractivity contribution is -0.116. The van der Waals surface area contributed by atoms with Crippen LogP contribution in [-0.2, 0) is 11.3 Å². The molecule has 0 spiro atoms. The summed E-state index contributed by atoms with van der Waals surface area (Å²) in [7, 11) is 0. The number of nitrogens with zero attached hydrogens (tertiary/aromatic N) is 1. The maximum Gasteiger partial charge on any atom is 0.244 e. The zero-order chi connectivity index (χ0) is 13.8. The van der Waals surface area contributed by atoms with Crippen LogP contribution in [0.1, 0.15) is 18.7 Å². The molecule has 0 aliphatic heterocycles. The zero-order valence-electron chi connectivity index (χ0n) is 10.6. The Morgan fingerprint density at radius 3 is 2.79 bits per heavy atom. The molecule has 5 heteroatoms. The highest BCUT2D eigenvalue weighted by Gasteiger charge is 2.10. The number of carbonyl (C=O) groups excluding carboxylic acids is 1. The first-order valence-electron chi connectivity index (χ1n) is 6.03. The first kappa shape index (κ1) is 13.3. The smallest absolute Gasteiger partial charge is 0.244 e. The van der Waals surface area contributed by atoms with E-state index in [-0.39, 0.29) is 24.2 Å². The van der Waals surface area contributed by atoms with Gasteiger partial charge in [0.2, 0.25) is 5.91 Å². The molecule has 1 heterocycles. The van der Waals surface area contributed by atoms with Gasteiger partial charge in [-0.1, -0.05) is 12.1 Å². The third kappa shape index (κ3) is 3.20. The fourth-order valence-electron chi connectivity index (χ4n) is 1.89. The summed E-state index contributed by atoms with van der Waals surface area (Å²) in [6.45, 7) is 1.96. The Bertz CT molecular complexity index is 578. The van der Waals surface area contributed by atoms with E-state index in [1.54, 1.807) is 22.9 Å². The van der Waals surface area contributed by atoms with Crippen molar-refractivity contribution in [3.05, 3.63) is 54.1 Å². The molecule has 1 aromatic heterocycles. The van der Waals surface area contributed by atoms with Gasteiger partial charge in [-0.25, -0.2) is 4.39 Å². The van der Waals surface area contributed by atoms with Crippen LogP contribution in [0.5, 0.6) is 0 Å². The Morgan fingerprint density at radius 2 is 2.11 bits per heavy atom. The lowest BCUT2D eigenvalue weighted by Crippen LogP contribution is -2.22. The standard InChI is InChI=1S/C14H16FN3O/c1-10(16)13-7-4-8-18(13)9-14(19)17-12-6-3-2-5-11(12)15/h2-8,10H,9,16H2,1H3,(H,17,19). The first-order valence-corrected chi connectivity index (χ1v) is 6.03. The molecule has 1 atom stereocenters. The topological polar surface area (TPSA) is 60.0 Å². The van der Waals surface area contributed by atoms with Crippen LogP contribution >= 0.6 is 0 Å². The molecule has 0 saturated carbocycles. The maximum atomic E-state index is 13.4. The van der Waals surface area contributed by atoms with Gasteiger partial charge in [0.15, 0.2) is 0 Å². The SMILES string of the molecule is CC(N)c1cccn1CC(=O)Nc1ccccc1F. The normalized spacial score (nSPS) is 12.2. The van der Waals surface area contributed by atoms with Crippen LogP contribution in [0, 0.1) is 5.82 Å². The van der Waals surface area contributed by atoms with E-state index in [9.17, 15) is 9.18 Å². The molecule has 0 aliphatic carbocycles. The highest BCUT2D eigenvalue weighted by molar-refractivity contribution is 5.90. The van der Waals surface area contributed by atoms with Gasteiger partial charge in [-0.3, -0.25) is 4.79 Å². The van der Waals surface area contributed by atoms with Gasteiger partial charge < -0.3 is 15.6 Å². The summed E-state index contributed by atoms with van der Waals surface area (Å²) in [6.07, 6.45) is 1.78. The molecule has 0 fully saturated rings. The van der Waals surface area contributed by atoms with Crippen LogP contribution in [0.4, 0.5) is 10.1 Å². The molecule has 1 aromatic carbocycles. The number of para-hydroxylation sites is 1. The highest BCUT2D eigenvalue weighted by atomic mass is 19.1. The van der Waals surface area contributed by atoms with E-state index in [4.69, 9.17) is 5.73 Å². The summed E-state index contributed by atoms with van der Waals surface area (Å²) >= 11 is 0. The Hall–Kier alpha value is -2.14. The minimum Gasteiger partial charge on any atom is -0.341 e. The monoisotopic (exact) mass is 261 g/mol. The second-order valence-corrected chi connectivity index (χ2v) is 4.38. The summed E-state index contributed by atoms with van der Waals surface area (Å²) in [4.78, 5) is 11.9. The molecule has 3 N–H and O–H groups in total. The van der Waals surface area contributed by atoms with Gasteiger partial charge in [-0.15, -0.1) is 0 Å².